The highest BCUT2D eigenvalue weighted by Crippen LogP contribution is 2.31. The van der Waals surface area contributed by atoms with Crippen molar-refractivity contribution in [2.45, 2.75) is 11.1 Å². The standard InChI is InChI=1S/C11H11ClN2O3S2/c1-7-10(18-11(12)13-7)19(15,16)14-8-5-3-4-6-9(8)17-2/h3-6,14H,1-2H3. The molecule has 1 N–H and O–H groups in total. The quantitative estimate of drug-likeness (QED) is 0.941. The maximum Gasteiger partial charge on any atom is 0.273 e. The van der Waals surface area contributed by atoms with Crippen LogP contribution >= 0.6 is 22.9 Å². The molecule has 102 valence electrons. The summed E-state index contributed by atoms with van der Waals surface area (Å²) in [6, 6.07) is 6.76. The van der Waals surface area contributed by atoms with E-state index in [4.69, 9.17) is 16.3 Å². The third kappa shape index (κ3) is 2.99. The van der Waals surface area contributed by atoms with Crippen LogP contribution in [0.1, 0.15) is 5.69 Å². The van der Waals surface area contributed by atoms with E-state index in [9.17, 15) is 8.42 Å². The summed E-state index contributed by atoms with van der Waals surface area (Å²) in [4.78, 5) is 3.90. The van der Waals surface area contributed by atoms with Crippen LogP contribution in [0.5, 0.6) is 5.75 Å². The number of methoxy groups -OCH3 is 1. The second-order valence-electron chi connectivity index (χ2n) is 3.65. The number of halogens is 1. The second kappa shape index (κ2) is 5.36. The Morgan fingerprint density at radius 1 is 1.37 bits per heavy atom. The Balaban J connectivity index is 2.39. The first-order chi connectivity index (χ1) is 8.94. The minimum atomic E-state index is -3.71. The van der Waals surface area contributed by atoms with Crippen molar-refractivity contribution in [3.05, 3.63) is 34.4 Å². The highest BCUT2D eigenvalue weighted by Gasteiger charge is 2.22. The number of sulfonamides is 1. The Morgan fingerprint density at radius 3 is 2.63 bits per heavy atom. The molecule has 0 atom stereocenters. The number of nitrogens with one attached hydrogen (secondary N) is 1. The minimum Gasteiger partial charge on any atom is -0.495 e. The van der Waals surface area contributed by atoms with Crippen molar-refractivity contribution in [3.8, 4) is 5.75 Å². The van der Waals surface area contributed by atoms with Gasteiger partial charge in [-0.15, -0.1) is 0 Å². The number of nitrogens with zero attached hydrogens (tertiary/aromatic N) is 1. The van der Waals surface area contributed by atoms with Crippen molar-refractivity contribution in [1.82, 2.24) is 4.98 Å². The molecule has 0 aliphatic rings. The zero-order chi connectivity index (χ0) is 14.0. The zero-order valence-electron chi connectivity index (χ0n) is 10.2. The van der Waals surface area contributed by atoms with Gasteiger partial charge in [-0.3, -0.25) is 4.72 Å². The molecule has 0 saturated heterocycles. The molecule has 5 nitrogen and oxygen atoms in total. The molecule has 0 radical (unpaired) electrons. The summed E-state index contributed by atoms with van der Waals surface area (Å²) < 4.78 is 32.4. The van der Waals surface area contributed by atoms with E-state index in [1.54, 1.807) is 31.2 Å². The van der Waals surface area contributed by atoms with Gasteiger partial charge in [0.2, 0.25) is 0 Å². The number of hydrogen-bond acceptors (Lipinski definition) is 5. The van der Waals surface area contributed by atoms with Crippen LogP contribution in [0, 0.1) is 6.92 Å². The van der Waals surface area contributed by atoms with E-state index in [2.05, 4.69) is 9.71 Å². The van der Waals surface area contributed by atoms with Crippen molar-refractivity contribution in [2.75, 3.05) is 11.8 Å². The van der Waals surface area contributed by atoms with Crippen molar-refractivity contribution in [1.29, 1.82) is 0 Å². The van der Waals surface area contributed by atoms with Crippen LogP contribution < -0.4 is 9.46 Å². The lowest BCUT2D eigenvalue weighted by atomic mass is 10.3. The third-order valence-corrected chi connectivity index (χ3v) is 5.56. The van der Waals surface area contributed by atoms with E-state index in [-0.39, 0.29) is 8.68 Å². The number of para-hydroxylation sites is 2. The molecule has 8 heteroatoms. The molecule has 1 aromatic heterocycles. The topological polar surface area (TPSA) is 68.3 Å². The first-order valence-corrected chi connectivity index (χ1v) is 7.90. The molecule has 19 heavy (non-hydrogen) atoms. The molecule has 0 fully saturated rings. The Morgan fingerprint density at radius 2 is 2.05 bits per heavy atom. The summed E-state index contributed by atoms with van der Waals surface area (Å²) >= 11 is 6.64. The van der Waals surface area contributed by atoms with Gasteiger partial charge < -0.3 is 4.74 Å². The van der Waals surface area contributed by atoms with Gasteiger partial charge in [0.1, 0.15) is 5.75 Å². The predicted octanol–water partition coefficient (Wildman–Crippen LogP) is 2.91. The normalized spacial score (nSPS) is 11.3. The Labute approximate surface area is 120 Å². The SMILES string of the molecule is COc1ccccc1NS(=O)(=O)c1sc(Cl)nc1C. The predicted molar refractivity (Wildman–Crippen MR) is 75.7 cm³/mol. The largest absolute Gasteiger partial charge is 0.495 e. The van der Waals surface area contributed by atoms with E-state index >= 15 is 0 Å². The van der Waals surface area contributed by atoms with Gasteiger partial charge in [0.15, 0.2) is 8.68 Å². The summed E-state index contributed by atoms with van der Waals surface area (Å²) in [7, 11) is -2.24. The first kappa shape index (κ1) is 14.1. The van der Waals surface area contributed by atoms with Crippen LogP contribution in [0.2, 0.25) is 4.47 Å². The number of rotatable bonds is 4. The Bertz CT molecular complexity index is 698. The number of hydrogen-bond donors (Lipinski definition) is 1. The lowest BCUT2D eigenvalue weighted by Gasteiger charge is -2.10. The molecule has 0 bridgehead atoms. The molecule has 0 aliphatic carbocycles. The van der Waals surface area contributed by atoms with Gasteiger partial charge in [-0.05, 0) is 19.1 Å². The summed E-state index contributed by atoms with van der Waals surface area (Å²) in [5.74, 6) is 0.444. The van der Waals surface area contributed by atoms with Crippen molar-refractivity contribution < 1.29 is 13.2 Å². The van der Waals surface area contributed by atoms with Gasteiger partial charge in [0, 0.05) is 0 Å². The number of benzene rings is 1. The van der Waals surface area contributed by atoms with Crippen LogP contribution in [0.3, 0.4) is 0 Å². The molecule has 0 spiro atoms. The number of thiazole rings is 1. The number of aryl methyl sites for hydroxylation is 1. The van der Waals surface area contributed by atoms with E-state index < -0.39 is 10.0 Å². The van der Waals surface area contributed by atoms with E-state index in [1.165, 1.54) is 7.11 Å². The molecule has 0 aliphatic heterocycles. The van der Waals surface area contributed by atoms with Crippen LogP contribution in [0.15, 0.2) is 28.5 Å². The maximum absolute atomic E-state index is 12.2. The molecule has 2 rings (SSSR count). The smallest absolute Gasteiger partial charge is 0.273 e. The van der Waals surface area contributed by atoms with Crippen LogP contribution in [-0.4, -0.2) is 20.5 Å². The van der Waals surface area contributed by atoms with E-state index in [0.29, 0.717) is 17.1 Å². The average Bonchev–Trinajstić information content (AvgIpc) is 2.69. The van der Waals surface area contributed by atoms with E-state index in [1.807, 2.05) is 0 Å². The molecule has 0 unspecified atom stereocenters. The minimum absolute atomic E-state index is 0.100. The molecular weight excluding hydrogens is 308 g/mol. The van der Waals surface area contributed by atoms with Crippen molar-refractivity contribution in [2.24, 2.45) is 0 Å². The molecule has 0 saturated carbocycles. The lowest BCUT2D eigenvalue weighted by molar-refractivity contribution is 0.417. The van der Waals surface area contributed by atoms with Gasteiger partial charge in [0.05, 0.1) is 18.5 Å². The Hall–Kier alpha value is -1.31. The van der Waals surface area contributed by atoms with Crippen molar-refractivity contribution in [3.63, 3.8) is 0 Å². The average molecular weight is 319 g/mol. The maximum atomic E-state index is 12.2. The van der Waals surface area contributed by atoms with Crippen molar-refractivity contribution >= 4 is 38.6 Å². The summed E-state index contributed by atoms with van der Waals surface area (Å²) in [6.45, 7) is 1.60. The van der Waals surface area contributed by atoms with Crippen LogP contribution in [0.25, 0.3) is 0 Å². The first-order valence-electron chi connectivity index (χ1n) is 5.23. The van der Waals surface area contributed by atoms with Crippen LogP contribution in [0.4, 0.5) is 5.69 Å². The summed E-state index contributed by atoms with van der Waals surface area (Å²) in [5.41, 5.74) is 0.742. The molecule has 1 aromatic carbocycles. The van der Waals surface area contributed by atoms with Gasteiger partial charge >= 0.3 is 0 Å². The van der Waals surface area contributed by atoms with Crippen LogP contribution in [-0.2, 0) is 10.0 Å². The number of ether oxygens (including phenoxy) is 1. The number of anilines is 1. The third-order valence-electron chi connectivity index (χ3n) is 2.32. The van der Waals surface area contributed by atoms with Gasteiger partial charge in [-0.1, -0.05) is 35.1 Å². The summed E-state index contributed by atoms with van der Waals surface area (Å²) in [5, 5.41) is 0. The lowest BCUT2D eigenvalue weighted by Crippen LogP contribution is -2.13. The monoisotopic (exact) mass is 318 g/mol. The molecular formula is C11H11ClN2O3S2. The fourth-order valence-corrected chi connectivity index (χ4v) is 4.33. The Kier molecular flexibility index (Phi) is 3.98. The number of aromatic nitrogens is 1. The van der Waals surface area contributed by atoms with Gasteiger partial charge in [0.25, 0.3) is 10.0 Å². The highest BCUT2D eigenvalue weighted by atomic mass is 35.5. The highest BCUT2D eigenvalue weighted by molar-refractivity contribution is 7.94. The molecule has 1 heterocycles. The zero-order valence-corrected chi connectivity index (χ0v) is 12.6. The van der Waals surface area contributed by atoms with E-state index in [0.717, 1.165) is 11.3 Å². The molecule has 0 amide bonds. The molecule has 2 aromatic rings. The van der Waals surface area contributed by atoms with Gasteiger partial charge in [-0.2, -0.15) is 0 Å². The second-order valence-corrected chi connectivity index (χ2v) is 7.10. The summed E-state index contributed by atoms with van der Waals surface area (Å²) in [6.07, 6.45) is 0. The fraction of sp³-hybridized carbons (Fsp3) is 0.182. The fourth-order valence-electron chi connectivity index (χ4n) is 1.52. The van der Waals surface area contributed by atoms with Gasteiger partial charge in [-0.25, -0.2) is 13.4 Å².